The summed E-state index contributed by atoms with van der Waals surface area (Å²) in [7, 11) is 0. The second-order valence-corrected chi connectivity index (χ2v) is 8.05. The molecule has 3 saturated heterocycles. The van der Waals surface area contributed by atoms with Crippen LogP contribution in [-0.2, 0) is 0 Å². The van der Waals surface area contributed by atoms with Crippen LogP contribution in [0.3, 0.4) is 0 Å². The SMILES string of the molecule is C[C@H]1[C@H](NC(=O)c2cc3c(-n4cncn4)csc3cn2)C2CCN1CC2. The summed E-state index contributed by atoms with van der Waals surface area (Å²) in [4.78, 5) is 23.8. The molecule has 3 aliphatic heterocycles. The molecule has 3 fully saturated rings. The fourth-order valence-corrected chi connectivity index (χ4v) is 5.20. The predicted octanol–water partition coefficient (Wildman–Crippen LogP) is 2.09. The van der Waals surface area contributed by atoms with Gasteiger partial charge in [0.15, 0.2) is 0 Å². The number of amides is 1. The zero-order valence-corrected chi connectivity index (χ0v) is 15.3. The highest BCUT2D eigenvalue weighted by Gasteiger charge is 2.40. The van der Waals surface area contributed by atoms with Crippen molar-refractivity contribution in [2.24, 2.45) is 5.92 Å². The first-order valence-electron chi connectivity index (χ1n) is 8.98. The second-order valence-electron chi connectivity index (χ2n) is 7.14. The van der Waals surface area contributed by atoms with E-state index in [0.29, 0.717) is 17.7 Å². The molecule has 1 amide bonds. The molecule has 7 nitrogen and oxygen atoms in total. The zero-order chi connectivity index (χ0) is 17.7. The minimum atomic E-state index is -0.0896. The molecular formula is C18H20N6OS. The number of nitrogens with one attached hydrogen (secondary N) is 1. The third-order valence-electron chi connectivity index (χ3n) is 5.81. The van der Waals surface area contributed by atoms with Crippen molar-refractivity contribution in [1.29, 1.82) is 0 Å². The summed E-state index contributed by atoms with van der Waals surface area (Å²) in [5.41, 5.74) is 1.39. The van der Waals surface area contributed by atoms with Crippen molar-refractivity contribution in [3.05, 3.63) is 36.0 Å². The molecule has 3 aromatic heterocycles. The number of piperidine rings is 3. The topological polar surface area (TPSA) is 75.9 Å². The number of hydrogen-bond acceptors (Lipinski definition) is 6. The van der Waals surface area contributed by atoms with Crippen LogP contribution in [0.5, 0.6) is 0 Å². The van der Waals surface area contributed by atoms with Gasteiger partial charge in [0, 0.05) is 29.0 Å². The lowest BCUT2D eigenvalue weighted by molar-refractivity contribution is 0.0216. The number of hydrogen-bond donors (Lipinski definition) is 1. The highest BCUT2D eigenvalue weighted by Crippen LogP contribution is 2.32. The summed E-state index contributed by atoms with van der Waals surface area (Å²) in [6.45, 7) is 4.52. The molecule has 26 heavy (non-hydrogen) atoms. The number of nitrogens with zero attached hydrogens (tertiary/aromatic N) is 5. The lowest BCUT2D eigenvalue weighted by atomic mass is 9.79. The maximum atomic E-state index is 12.9. The van der Waals surface area contributed by atoms with Crippen LogP contribution in [0.2, 0.25) is 0 Å². The Bertz CT molecular complexity index is 942. The third-order valence-corrected chi connectivity index (χ3v) is 6.73. The van der Waals surface area contributed by atoms with Crippen molar-refractivity contribution >= 4 is 27.3 Å². The van der Waals surface area contributed by atoms with Crippen molar-refractivity contribution in [3.63, 3.8) is 0 Å². The Balaban J connectivity index is 1.43. The van der Waals surface area contributed by atoms with Gasteiger partial charge in [0.05, 0.1) is 10.4 Å². The number of fused-ring (bicyclic) bond motifs is 4. The molecule has 6 heterocycles. The van der Waals surface area contributed by atoms with E-state index in [2.05, 4.69) is 32.2 Å². The van der Waals surface area contributed by atoms with Gasteiger partial charge in [0.1, 0.15) is 18.3 Å². The first-order chi connectivity index (χ1) is 12.7. The number of pyridine rings is 1. The summed E-state index contributed by atoms with van der Waals surface area (Å²) in [5.74, 6) is 0.489. The van der Waals surface area contributed by atoms with E-state index in [-0.39, 0.29) is 11.9 Å². The standard InChI is InChI=1S/C18H20N6OS/c1-11-17(12-2-4-23(11)5-3-12)22-18(25)14-6-13-15(24-10-19-9-21-24)8-26-16(13)7-20-14/h6-12,17H,2-5H2,1H3,(H,22,25)/t11-,17-/m0/s1. The predicted molar refractivity (Wildman–Crippen MR) is 99.6 cm³/mol. The Hall–Kier alpha value is -2.32. The van der Waals surface area contributed by atoms with E-state index in [1.54, 1.807) is 28.5 Å². The zero-order valence-electron chi connectivity index (χ0n) is 14.5. The first-order valence-corrected chi connectivity index (χ1v) is 9.86. The van der Waals surface area contributed by atoms with Gasteiger partial charge in [-0.15, -0.1) is 11.3 Å². The fraction of sp³-hybridized carbons (Fsp3) is 0.444. The molecule has 0 aliphatic carbocycles. The normalized spacial score (nSPS) is 27.7. The number of thiophene rings is 1. The average molecular weight is 368 g/mol. The largest absolute Gasteiger partial charge is 0.346 e. The molecule has 2 bridgehead atoms. The molecule has 6 rings (SSSR count). The van der Waals surface area contributed by atoms with E-state index in [0.717, 1.165) is 28.9 Å². The first kappa shape index (κ1) is 15.9. The van der Waals surface area contributed by atoms with Crippen molar-refractivity contribution in [1.82, 2.24) is 30.0 Å². The molecule has 134 valence electrons. The summed E-state index contributed by atoms with van der Waals surface area (Å²) < 4.78 is 2.75. The quantitative estimate of drug-likeness (QED) is 0.766. The number of aromatic nitrogens is 4. The van der Waals surface area contributed by atoms with Crippen LogP contribution in [0, 0.1) is 5.92 Å². The van der Waals surface area contributed by atoms with Crippen molar-refractivity contribution in [3.8, 4) is 5.69 Å². The molecular weight excluding hydrogens is 348 g/mol. The molecule has 0 unspecified atom stereocenters. The van der Waals surface area contributed by atoms with E-state index >= 15 is 0 Å². The molecule has 0 aromatic carbocycles. The number of carbonyl (C=O) groups is 1. The fourth-order valence-electron chi connectivity index (χ4n) is 4.32. The molecule has 3 aliphatic rings. The average Bonchev–Trinajstić information content (AvgIpc) is 3.33. The van der Waals surface area contributed by atoms with Gasteiger partial charge in [-0.3, -0.25) is 9.69 Å². The van der Waals surface area contributed by atoms with E-state index in [9.17, 15) is 4.79 Å². The van der Waals surface area contributed by atoms with Crippen LogP contribution in [-0.4, -0.2) is 55.7 Å². The van der Waals surface area contributed by atoms with Crippen molar-refractivity contribution in [2.45, 2.75) is 31.8 Å². The van der Waals surface area contributed by atoms with E-state index in [4.69, 9.17) is 0 Å². The maximum Gasteiger partial charge on any atom is 0.270 e. The van der Waals surface area contributed by atoms with Gasteiger partial charge in [-0.25, -0.2) is 14.6 Å². The molecule has 0 spiro atoms. The van der Waals surface area contributed by atoms with Gasteiger partial charge in [0.2, 0.25) is 0 Å². The lowest BCUT2D eigenvalue weighted by Crippen LogP contribution is -2.62. The van der Waals surface area contributed by atoms with Crippen LogP contribution in [0.15, 0.2) is 30.3 Å². The minimum absolute atomic E-state index is 0.0896. The Labute approximate surface area is 155 Å². The molecule has 0 radical (unpaired) electrons. The summed E-state index contributed by atoms with van der Waals surface area (Å²) in [6, 6.07) is 2.46. The van der Waals surface area contributed by atoms with Gasteiger partial charge >= 0.3 is 0 Å². The van der Waals surface area contributed by atoms with E-state index < -0.39 is 0 Å². The van der Waals surface area contributed by atoms with E-state index in [1.165, 1.54) is 19.2 Å². The minimum Gasteiger partial charge on any atom is -0.346 e. The van der Waals surface area contributed by atoms with Crippen LogP contribution >= 0.6 is 11.3 Å². The van der Waals surface area contributed by atoms with Crippen LogP contribution < -0.4 is 5.32 Å². The molecule has 3 aromatic rings. The van der Waals surface area contributed by atoms with Gasteiger partial charge in [-0.05, 0) is 44.8 Å². The van der Waals surface area contributed by atoms with Crippen LogP contribution in [0.4, 0.5) is 0 Å². The van der Waals surface area contributed by atoms with Crippen molar-refractivity contribution in [2.75, 3.05) is 13.1 Å². The summed E-state index contributed by atoms with van der Waals surface area (Å²) in [6.07, 6.45) is 7.28. The van der Waals surface area contributed by atoms with Gasteiger partial charge in [0.25, 0.3) is 5.91 Å². The lowest BCUT2D eigenvalue weighted by Gasteiger charge is -2.49. The Morgan fingerprint density at radius 3 is 2.92 bits per heavy atom. The van der Waals surface area contributed by atoms with Crippen LogP contribution in [0.1, 0.15) is 30.3 Å². The Morgan fingerprint density at radius 2 is 2.19 bits per heavy atom. The van der Waals surface area contributed by atoms with Gasteiger partial charge < -0.3 is 5.32 Å². The number of rotatable bonds is 3. The Morgan fingerprint density at radius 1 is 1.35 bits per heavy atom. The smallest absolute Gasteiger partial charge is 0.270 e. The summed E-state index contributed by atoms with van der Waals surface area (Å²) >= 11 is 1.59. The second kappa shape index (κ2) is 6.14. The third kappa shape index (κ3) is 2.52. The van der Waals surface area contributed by atoms with Crippen molar-refractivity contribution < 1.29 is 4.79 Å². The maximum absolute atomic E-state index is 12.9. The van der Waals surface area contributed by atoms with E-state index in [1.807, 2.05) is 11.4 Å². The Kier molecular flexibility index (Phi) is 3.75. The van der Waals surface area contributed by atoms with Crippen LogP contribution in [0.25, 0.3) is 15.8 Å². The number of carbonyl (C=O) groups excluding carboxylic acids is 1. The molecule has 0 saturated carbocycles. The van der Waals surface area contributed by atoms with Gasteiger partial charge in [-0.1, -0.05) is 0 Å². The monoisotopic (exact) mass is 368 g/mol. The molecule has 8 heteroatoms. The highest BCUT2D eigenvalue weighted by atomic mass is 32.1. The summed E-state index contributed by atoms with van der Waals surface area (Å²) in [5, 5.41) is 10.4. The highest BCUT2D eigenvalue weighted by molar-refractivity contribution is 7.17. The molecule has 1 N–H and O–H groups in total. The van der Waals surface area contributed by atoms with Gasteiger partial charge in [-0.2, -0.15) is 5.10 Å². The molecule has 2 atom stereocenters.